The van der Waals surface area contributed by atoms with Crippen molar-refractivity contribution < 1.29 is 19.7 Å². The Morgan fingerprint density at radius 1 is 0.710 bits per heavy atom. The van der Waals surface area contributed by atoms with Crippen LogP contribution in [-0.4, -0.2) is 61.9 Å². The third kappa shape index (κ3) is 12.0. The molecule has 0 aliphatic carbocycles. The van der Waals surface area contributed by atoms with Crippen molar-refractivity contribution in [3.8, 4) is 0 Å². The average molecular weight is 431 g/mol. The molecule has 2 atom stereocenters. The molecule has 172 valence electrons. The van der Waals surface area contributed by atoms with Crippen LogP contribution in [-0.2, 0) is 22.6 Å². The van der Waals surface area contributed by atoms with Gasteiger partial charge in [0.1, 0.15) is 0 Å². The summed E-state index contributed by atoms with van der Waals surface area (Å²) in [5.41, 5.74) is 2.17. The first-order valence-corrected chi connectivity index (χ1v) is 11.0. The van der Waals surface area contributed by atoms with Crippen LogP contribution in [0.5, 0.6) is 0 Å². The van der Waals surface area contributed by atoms with Crippen LogP contribution in [0.25, 0.3) is 0 Å². The normalized spacial score (nSPS) is 13.8. The fourth-order valence-corrected chi connectivity index (χ4v) is 3.06. The number of hydrogen-bond donors (Lipinski definition) is 4. The molecule has 2 rings (SSSR count). The van der Waals surface area contributed by atoms with Crippen molar-refractivity contribution in [1.82, 2.24) is 10.6 Å². The molecule has 0 saturated heterocycles. The summed E-state index contributed by atoms with van der Waals surface area (Å²) < 4.78 is 11.4. The molecule has 0 aliphatic rings. The maximum Gasteiger partial charge on any atom is 0.0897 e. The first kappa shape index (κ1) is 25.5. The van der Waals surface area contributed by atoms with Gasteiger partial charge in [0.05, 0.1) is 38.6 Å². The van der Waals surface area contributed by atoms with E-state index in [1.54, 1.807) is 0 Å². The Hall–Kier alpha value is -1.80. The van der Waals surface area contributed by atoms with Crippen molar-refractivity contribution in [3.63, 3.8) is 0 Å². The van der Waals surface area contributed by atoms with Gasteiger partial charge >= 0.3 is 0 Å². The quantitative estimate of drug-likeness (QED) is 0.327. The molecule has 0 radical (unpaired) electrons. The van der Waals surface area contributed by atoms with Gasteiger partial charge in [0.25, 0.3) is 0 Å². The average Bonchev–Trinajstić information content (AvgIpc) is 2.75. The highest BCUT2D eigenvalue weighted by molar-refractivity contribution is 5.14. The topological polar surface area (TPSA) is 83.0 Å². The Balaban J connectivity index is 1.49. The lowest BCUT2D eigenvalue weighted by Crippen LogP contribution is -2.34. The van der Waals surface area contributed by atoms with E-state index in [0.29, 0.717) is 26.3 Å². The zero-order chi connectivity index (χ0) is 22.4. The van der Waals surface area contributed by atoms with Gasteiger partial charge in [-0.25, -0.2) is 0 Å². The molecule has 0 fully saturated rings. The minimum Gasteiger partial charge on any atom is -0.389 e. The number of rotatable bonds is 16. The molecule has 0 unspecified atom stereocenters. The lowest BCUT2D eigenvalue weighted by Gasteiger charge is -2.25. The van der Waals surface area contributed by atoms with E-state index in [0.717, 1.165) is 13.1 Å². The fraction of sp³-hybridized carbons (Fsp3) is 0.520. The van der Waals surface area contributed by atoms with Crippen LogP contribution in [0.3, 0.4) is 0 Å². The minimum atomic E-state index is -0.557. The predicted octanol–water partition coefficient (Wildman–Crippen LogP) is 2.35. The van der Waals surface area contributed by atoms with Crippen molar-refractivity contribution in [1.29, 1.82) is 0 Å². The van der Waals surface area contributed by atoms with Crippen LogP contribution in [0.1, 0.15) is 25.0 Å². The number of aliphatic hydroxyl groups is 2. The van der Waals surface area contributed by atoms with Crippen molar-refractivity contribution in [2.45, 2.75) is 39.1 Å². The molecule has 4 N–H and O–H groups in total. The van der Waals surface area contributed by atoms with Gasteiger partial charge in [-0.2, -0.15) is 0 Å². The zero-order valence-electron chi connectivity index (χ0n) is 18.8. The van der Waals surface area contributed by atoms with Crippen LogP contribution in [0.4, 0.5) is 0 Å². The second-order valence-corrected chi connectivity index (χ2v) is 8.74. The highest BCUT2D eigenvalue weighted by Gasteiger charge is 2.20. The molecular formula is C25H38N2O4. The van der Waals surface area contributed by atoms with Crippen LogP contribution >= 0.6 is 0 Å². The van der Waals surface area contributed by atoms with Crippen molar-refractivity contribution >= 4 is 0 Å². The molecule has 2 aromatic rings. The Labute approximate surface area is 186 Å². The third-order valence-corrected chi connectivity index (χ3v) is 4.71. The highest BCUT2D eigenvalue weighted by atomic mass is 16.5. The second-order valence-electron chi connectivity index (χ2n) is 8.74. The van der Waals surface area contributed by atoms with Gasteiger partial charge in [0.2, 0.25) is 0 Å². The summed E-state index contributed by atoms with van der Waals surface area (Å²) in [4.78, 5) is 0. The van der Waals surface area contributed by atoms with E-state index < -0.39 is 12.2 Å². The molecule has 2 aromatic carbocycles. The van der Waals surface area contributed by atoms with E-state index in [1.807, 2.05) is 50.2 Å². The number of nitrogens with one attached hydrogen (secondary N) is 2. The van der Waals surface area contributed by atoms with Crippen molar-refractivity contribution in [2.75, 3.05) is 39.5 Å². The summed E-state index contributed by atoms with van der Waals surface area (Å²) in [7, 11) is 0. The van der Waals surface area contributed by atoms with Gasteiger partial charge in [-0.3, -0.25) is 0 Å². The minimum absolute atomic E-state index is 0.200. The monoisotopic (exact) mass is 430 g/mol. The van der Waals surface area contributed by atoms with Crippen LogP contribution in [0.15, 0.2) is 60.7 Å². The van der Waals surface area contributed by atoms with Gasteiger partial charge in [-0.1, -0.05) is 74.5 Å². The molecule has 0 aromatic heterocycles. The molecule has 0 amide bonds. The number of hydrogen-bond acceptors (Lipinski definition) is 6. The van der Waals surface area contributed by atoms with E-state index in [1.165, 1.54) is 11.1 Å². The lowest BCUT2D eigenvalue weighted by atomic mass is 9.96. The van der Waals surface area contributed by atoms with Crippen LogP contribution in [0, 0.1) is 5.41 Å². The van der Waals surface area contributed by atoms with Gasteiger partial charge in [-0.15, -0.1) is 0 Å². The number of ether oxygens (including phenoxy) is 2. The summed E-state index contributed by atoms with van der Waals surface area (Å²) in [5, 5.41) is 26.6. The maximum atomic E-state index is 10.1. The Morgan fingerprint density at radius 3 is 1.48 bits per heavy atom. The number of aliphatic hydroxyl groups excluding tert-OH is 2. The van der Waals surface area contributed by atoms with E-state index in [4.69, 9.17) is 9.47 Å². The smallest absolute Gasteiger partial charge is 0.0897 e. The zero-order valence-corrected chi connectivity index (χ0v) is 18.8. The van der Waals surface area contributed by atoms with E-state index in [9.17, 15) is 10.2 Å². The van der Waals surface area contributed by atoms with Crippen molar-refractivity contribution in [2.24, 2.45) is 5.41 Å². The van der Waals surface area contributed by atoms with E-state index in [2.05, 4.69) is 34.9 Å². The first-order chi connectivity index (χ1) is 14.9. The summed E-state index contributed by atoms with van der Waals surface area (Å²) in [6.07, 6.45) is -1.11. The largest absolute Gasteiger partial charge is 0.389 e. The van der Waals surface area contributed by atoms with Crippen LogP contribution in [0.2, 0.25) is 0 Å². The molecule has 6 heteroatoms. The van der Waals surface area contributed by atoms with E-state index >= 15 is 0 Å². The summed E-state index contributed by atoms with van der Waals surface area (Å²) in [5.74, 6) is 0. The van der Waals surface area contributed by atoms with Crippen molar-refractivity contribution in [3.05, 3.63) is 71.8 Å². The molecule has 0 heterocycles. The molecule has 31 heavy (non-hydrogen) atoms. The van der Waals surface area contributed by atoms with Gasteiger partial charge < -0.3 is 30.3 Å². The summed E-state index contributed by atoms with van der Waals surface area (Å²) >= 11 is 0. The van der Waals surface area contributed by atoms with Crippen LogP contribution < -0.4 is 10.6 Å². The maximum absolute atomic E-state index is 10.1. The van der Waals surface area contributed by atoms with Gasteiger partial charge in [-0.05, 0) is 11.1 Å². The Kier molecular flexibility index (Phi) is 11.7. The SMILES string of the molecule is CC(C)(COC[C@H](O)CNCc1ccccc1)COC[C@H](O)CNCc1ccccc1. The highest BCUT2D eigenvalue weighted by Crippen LogP contribution is 2.16. The molecular weight excluding hydrogens is 392 g/mol. The standard InChI is InChI=1S/C25H38N2O4/c1-25(2,19-30-17-23(28)15-26-13-21-9-5-3-6-10-21)20-31-18-24(29)16-27-14-22-11-7-4-8-12-22/h3-12,23-24,26-29H,13-20H2,1-2H3/t23-,24-/m1/s1. The summed E-state index contributed by atoms with van der Waals surface area (Å²) in [6, 6.07) is 20.2. The molecule has 0 bridgehead atoms. The third-order valence-electron chi connectivity index (χ3n) is 4.71. The molecule has 0 aliphatic heterocycles. The molecule has 0 saturated carbocycles. The molecule has 0 spiro atoms. The van der Waals surface area contributed by atoms with E-state index in [-0.39, 0.29) is 18.6 Å². The second kappa shape index (κ2) is 14.3. The Morgan fingerprint density at radius 2 is 1.10 bits per heavy atom. The van der Waals surface area contributed by atoms with Gasteiger partial charge in [0, 0.05) is 31.6 Å². The summed E-state index contributed by atoms with van der Waals surface area (Å²) in [6.45, 7) is 8.01. The molecule has 6 nitrogen and oxygen atoms in total. The first-order valence-electron chi connectivity index (χ1n) is 11.0. The lowest BCUT2D eigenvalue weighted by molar-refractivity contribution is -0.0448. The van der Waals surface area contributed by atoms with Gasteiger partial charge in [0.15, 0.2) is 0 Å². The fourth-order valence-electron chi connectivity index (χ4n) is 3.06. The predicted molar refractivity (Wildman–Crippen MR) is 124 cm³/mol. The number of benzene rings is 2. The Bertz CT molecular complexity index is 638.